The first-order valence-corrected chi connectivity index (χ1v) is 13.9. The number of halogens is 2. The number of aromatic nitrogens is 1. The second-order valence-corrected chi connectivity index (χ2v) is 10.7. The van der Waals surface area contributed by atoms with Crippen molar-refractivity contribution in [2.75, 3.05) is 42.1 Å². The van der Waals surface area contributed by atoms with Crippen LogP contribution in [0.5, 0.6) is 5.75 Å². The number of anilines is 2. The second-order valence-electron chi connectivity index (χ2n) is 7.44. The summed E-state index contributed by atoms with van der Waals surface area (Å²) < 4.78 is 32.6. The predicted octanol–water partition coefficient (Wildman–Crippen LogP) is 5.18. The van der Waals surface area contributed by atoms with Crippen LogP contribution in [0.1, 0.15) is 21.9 Å². The molecule has 0 radical (unpaired) electrons. The van der Waals surface area contributed by atoms with E-state index in [9.17, 15) is 18.5 Å². The Bertz CT molecular complexity index is 1250. The SMILES string of the molecule is CNc1ccc(C(c2c(C)csc2[N+](=O)[O-])S(=O)(=O)Oc2ccc(N(CCCl)CCCl)cc2)cn1. The fourth-order valence-corrected chi connectivity index (χ4v) is 6.48. The topological polar surface area (TPSA) is 115 Å². The summed E-state index contributed by atoms with van der Waals surface area (Å²) in [6, 6.07) is 9.63. The number of hydrogen-bond acceptors (Lipinski definition) is 9. The maximum absolute atomic E-state index is 13.6. The van der Waals surface area contributed by atoms with Crippen molar-refractivity contribution in [3.05, 3.63) is 74.8 Å². The molecule has 188 valence electrons. The largest absolute Gasteiger partial charge is 0.382 e. The highest BCUT2D eigenvalue weighted by Crippen LogP contribution is 2.42. The standard InChI is InChI=1S/C22H24Cl2N4O5S2/c1-15-14-34-22(28(29)30)20(15)21(16-3-8-19(25-2)26-13-16)35(31,32)33-18-6-4-17(5-7-18)27(11-9-23)12-10-24/h3-8,13-14,21H,9-12H2,1-2H3,(H,25,26). The summed E-state index contributed by atoms with van der Waals surface area (Å²) in [6.07, 6.45) is 1.37. The van der Waals surface area contributed by atoms with E-state index in [1.54, 1.807) is 43.6 Å². The molecule has 0 aliphatic heterocycles. The van der Waals surface area contributed by atoms with Gasteiger partial charge in [0, 0.05) is 49.2 Å². The van der Waals surface area contributed by atoms with E-state index in [2.05, 4.69) is 10.3 Å². The molecule has 13 heteroatoms. The van der Waals surface area contributed by atoms with Gasteiger partial charge in [-0.2, -0.15) is 8.42 Å². The Hall–Kier alpha value is -2.60. The van der Waals surface area contributed by atoms with Gasteiger partial charge in [0.25, 0.3) is 0 Å². The lowest BCUT2D eigenvalue weighted by atomic mass is 10.0. The fourth-order valence-electron chi connectivity index (χ4n) is 3.55. The number of alkyl halides is 2. The van der Waals surface area contributed by atoms with Gasteiger partial charge in [-0.3, -0.25) is 10.1 Å². The molecule has 3 aromatic rings. The van der Waals surface area contributed by atoms with Gasteiger partial charge in [0.15, 0.2) is 5.25 Å². The van der Waals surface area contributed by atoms with Crippen LogP contribution in [0.25, 0.3) is 0 Å². The Morgan fingerprint density at radius 1 is 1.17 bits per heavy atom. The summed E-state index contributed by atoms with van der Waals surface area (Å²) in [5, 5.41) is 14.4. The molecule has 0 bridgehead atoms. The number of nitro groups is 1. The van der Waals surface area contributed by atoms with Gasteiger partial charge in [0.2, 0.25) is 0 Å². The van der Waals surface area contributed by atoms with Crippen LogP contribution in [0.4, 0.5) is 16.5 Å². The van der Waals surface area contributed by atoms with Crippen LogP contribution in [0.2, 0.25) is 0 Å². The van der Waals surface area contributed by atoms with E-state index in [4.69, 9.17) is 27.4 Å². The number of benzene rings is 1. The summed E-state index contributed by atoms with van der Waals surface area (Å²) in [5.74, 6) is 1.41. The van der Waals surface area contributed by atoms with Crippen molar-refractivity contribution in [1.29, 1.82) is 0 Å². The van der Waals surface area contributed by atoms with Gasteiger partial charge >= 0.3 is 15.1 Å². The van der Waals surface area contributed by atoms with E-state index in [0.717, 1.165) is 17.0 Å². The highest BCUT2D eigenvalue weighted by Gasteiger charge is 2.39. The molecular weight excluding hydrogens is 535 g/mol. The lowest BCUT2D eigenvalue weighted by molar-refractivity contribution is -0.380. The highest BCUT2D eigenvalue weighted by molar-refractivity contribution is 7.87. The van der Waals surface area contributed by atoms with Crippen LogP contribution in [0.3, 0.4) is 0 Å². The minimum absolute atomic E-state index is 0.0611. The monoisotopic (exact) mass is 558 g/mol. The minimum Gasteiger partial charge on any atom is -0.382 e. The predicted molar refractivity (Wildman–Crippen MR) is 141 cm³/mol. The maximum atomic E-state index is 13.6. The second kappa shape index (κ2) is 11.9. The average molecular weight is 559 g/mol. The van der Waals surface area contributed by atoms with Gasteiger partial charge in [0.1, 0.15) is 11.6 Å². The third-order valence-corrected chi connectivity index (χ3v) is 8.10. The van der Waals surface area contributed by atoms with Crippen LogP contribution >= 0.6 is 34.5 Å². The third kappa shape index (κ3) is 6.35. The number of aryl methyl sites for hydroxylation is 1. The first-order chi connectivity index (χ1) is 16.7. The molecule has 2 heterocycles. The summed E-state index contributed by atoms with van der Waals surface area (Å²) in [5.41, 5.74) is 1.60. The molecule has 0 amide bonds. The Morgan fingerprint density at radius 2 is 1.83 bits per heavy atom. The van der Waals surface area contributed by atoms with E-state index in [1.807, 2.05) is 4.90 Å². The number of thiophene rings is 1. The zero-order valence-corrected chi connectivity index (χ0v) is 22.1. The summed E-state index contributed by atoms with van der Waals surface area (Å²) in [7, 11) is -2.74. The van der Waals surface area contributed by atoms with Gasteiger partial charge in [-0.25, -0.2) is 4.98 Å². The average Bonchev–Trinajstić information content (AvgIpc) is 3.21. The Morgan fingerprint density at radius 3 is 2.34 bits per heavy atom. The maximum Gasteiger partial charge on any atom is 0.329 e. The van der Waals surface area contributed by atoms with E-state index in [1.165, 1.54) is 18.3 Å². The van der Waals surface area contributed by atoms with Crippen molar-refractivity contribution in [2.45, 2.75) is 12.2 Å². The Labute approximate surface area is 217 Å². The molecule has 2 aromatic heterocycles. The lowest BCUT2D eigenvalue weighted by Gasteiger charge is -2.23. The number of rotatable bonds is 12. The van der Waals surface area contributed by atoms with Gasteiger partial charge < -0.3 is 14.4 Å². The van der Waals surface area contributed by atoms with Crippen molar-refractivity contribution in [2.24, 2.45) is 0 Å². The molecule has 0 aliphatic rings. The molecular formula is C22H24Cl2N4O5S2. The number of pyridine rings is 1. The molecule has 9 nitrogen and oxygen atoms in total. The van der Waals surface area contributed by atoms with Crippen molar-refractivity contribution in [3.8, 4) is 5.75 Å². The third-order valence-electron chi connectivity index (χ3n) is 5.19. The quantitative estimate of drug-likeness (QED) is 0.140. The van der Waals surface area contributed by atoms with Crippen LogP contribution in [-0.4, -0.2) is 50.2 Å². The highest BCUT2D eigenvalue weighted by atomic mass is 35.5. The Kier molecular flexibility index (Phi) is 9.17. The van der Waals surface area contributed by atoms with Crippen molar-refractivity contribution >= 4 is 61.2 Å². The molecule has 1 unspecified atom stereocenters. The minimum atomic E-state index is -4.42. The molecule has 1 N–H and O–H groups in total. The molecule has 0 spiro atoms. The summed E-state index contributed by atoms with van der Waals surface area (Å²) in [4.78, 5) is 17.3. The normalized spacial score (nSPS) is 12.2. The summed E-state index contributed by atoms with van der Waals surface area (Å²) >= 11 is 12.6. The van der Waals surface area contributed by atoms with Gasteiger partial charge in [-0.15, -0.1) is 23.2 Å². The molecule has 0 fully saturated rings. The summed E-state index contributed by atoms with van der Waals surface area (Å²) in [6.45, 7) is 2.78. The van der Waals surface area contributed by atoms with Gasteiger partial charge in [-0.05, 0) is 48.4 Å². The zero-order valence-electron chi connectivity index (χ0n) is 19.0. The lowest BCUT2D eigenvalue weighted by Crippen LogP contribution is -2.27. The van der Waals surface area contributed by atoms with Crippen LogP contribution < -0.4 is 14.4 Å². The number of nitrogens with one attached hydrogen (secondary N) is 1. The molecule has 0 saturated heterocycles. The smallest absolute Gasteiger partial charge is 0.329 e. The van der Waals surface area contributed by atoms with Crippen molar-refractivity contribution in [3.63, 3.8) is 0 Å². The van der Waals surface area contributed by atoms with Crippen LogP contribution in [0.15, 0.2) is 48.0 Å². The number of nitrogens with zero attached hydrogens (tertiary/aromatic N) is 3. The molecule has 1 atom stereocenters. The molecule has 0 aliphatic carbocycles. The first kappa shape index (κ1) is 27.0. The van der Waals surface area contributed by atoms with E-state index < -0.39 is 20.3 Å². The molecule has 35 heavy (non-hydrogen) atoms. The van der Waals surface area contributed by atoms with E-state index in [0.29, 0.717) is 36.2 Å². The molecule has 1 aromatic carbocycles. The molecule has 3 rings (SSSR count). The van der Waals surface area contributed by atoms with E-state index >= 15 is 0 Å². The van der Waals surface area contributed by atoms with Crippen molar-refractivity contribution < 1.29 is 17.5 Å². The zero-order chi connectivity index (χ0) is 25.6. The van der Waals surface area contributed by atoms with Gasteiger partial charge in [0.05, 0.1) is 10.5 Å². The fraction of sp³-hybridized carbons (Fsp3) is 0.318. The van der Waals surface area contributed by atoms with Crippen LogP contribution in [0, 0.1) is 17.0 Å². The van der Waals surface area contributed by atoms with Crippen molar-refractivity contribution in [1.82, 2.24) is 4.98 Å². The number of hydrogen-bond donors (Lipinski definition) is 1. The first-order valence-electron chi connectivity index (χ1n) is 10.5. The Balaban J connectivity index is 2.01. The van der Waals surface area contributed by atoms with Crippen LogP contribution in [-0.2, 0) is 10.1 Å². The van der Waals surface area contributed by atoms with Gasteiger partial charge in [-0.1, -0.05) is 17.4 Å². The van der Waals surface area contributed by atoms with E-state index in [-0.39, 0.29) is 21.9 Å². The molecule has 0 saturated carbocycles.